The minimum atomic E-state index is -0.645. The van der Waals surface area contributed by atoms with Crippen LogP contribution in [0.2, 0.25) is 0 Å². The summed E-state index contributed by atoms with van der Waals surface area (Å²) in [7, 11) is 0. The van der Waals surface area contributed by atoms with Crippen molar-refractivity contribution in [2.24, 2.45) is 0 Å². The van der Waals surface area contributed by atoms with E-state index < -0.39 is 23.4 Å². The molecule has 0 fully saturated rings. The third-order valence-electron chi connectivity index (χ3n) is 8.71. The second-order valence-electron chi connectivity index (χ2n) is 14.5. The van der Waals surface area contributed by atoms with Gasteiger partial charge in [0.05, 0.1) is 17.1 Å². The minimum absolute atomic E-state index is 0.168. The van der Waals surface area contributed by atoms with Crippen molar-refractivity contribution in [2.45, 2.75) is 71.6 Å². The highest BCUT2D eigenvalue weighted by Gasteiger charge is 2.30. The number of para-hydroxylation sites is 3. The van der Waals surface area contributed by atoms with Crippen LogP contribution in [0.4, 0.5) is 9.59 Å². The number of aromatic amines is 1. The predicted octanol–water partition coefficient (Wildman–Crippen LogP) is 9.16. The zero-order valence-corrected chi connectivity index (χ0v) is 28.4. The van der Waals surface area contributed by atoms with Gasteiger partial charge in [0, 0.05) is 51.9 Å². The number of fused-ring (bicyclic) bond motifs is 5. The molecule has 1 unspecified atom stereocenters. The number of carbonyl (C=O) groups excluding carboxylic acids is 2. The molecule has 6 aromatic rings. The first kappa shape index (κ1) is 31.5. The molecule has 4 heterocycles. The molecule has 48 heavy (non-hydrogen) atoms. The molecule has 0 aliphatic carbocycles. The quantitative estimate of drug-likeness (QED) is 0.200. The molecule has 2 N–H and O–H groups in total. The highest BCUT2D eigenvalue weighted by molar-refractivity contribution is 6.00. The molecule has 8 nitrogen and oxygen atoms in total. The summed E-state index contributed by atoms with van der Waals surface area (Å²) in [5.41, 5.74) is 6.82. The van der Waals surface area contributed by atoms with Gasteiger partial charge in [-0.1, -0.05) is 60.7 Å². The van der Waals surface area contributed by atoms with Crippen molar-refractivity contribution in [2.75, 3.05) is 6.54 Å². The van der Waals surface area contributed by atoms with Gasteiger partial charge < -0.3 is 19.8 Å². The van der Waals surface area contributed by atoms with Crippen molar-refractivity contribution in [1.82, 2.24) is 19.4 Å². The topological polar surface area (TPSA) is 90.3 Å². The summed E-state index contributed by atoms with van der Waals surface area (Å²) in [5.74, 6) is 0. The summed E-state index contributed by atoms with van der Waals surface area (Å²) in [4.78, 5) is 30.6. The van der Waals surface area contributed by atoms with E-state index in [0.29, 0.717) is 6.42 Å². The van der Waals surface area contributed by atoms with Crippen molar-refractivity contribution >= 4 is 50.5 Å². The van der Waals surface area contributed by atoms with Crippen LogP contribution in [0, 0.1) is 0 Å². The molecule has 0 saturated heterocycles. The lowest BCUT2D eigenvalue weighted by Crippen LogP contribution is -2.30. The fourth-order valence-electron chi connectivity index (χ4n) is 6.80. The number of ether oxygens (including phenoxy) is 2. The first-order valence-electron chi connectivity index (χ1n) is 16.6. The van der Waals surface area contributed by atoms with Crippen LogP contribution in [-0.4, -0.2) is 44.1 Å². The van der Waals surface area contributed by atoms with Crippen LogP contribution in [-0.2, 0) is 22.3 Å². The largest absolute Gasteiger partial charge is 0.443 e. The zero-order chi connectivity index (χ0) is 33.8. The number of rotatable bonds is 4. The molecule has 0 saturated carbocycles. The lowest BCUT2D eigenvalue weighted by molar-refractivity contribution is 0.0533. The molecule has 246 valence electrons. The predicted molar refractivity (Wildman–Crippen MR) is 192 cm³/mol. The maximum Gasteiger partial charge on any atom is 0.419 e. The maximum atomic E-state index is 13.5. The Morgan fingerprint density at radius 3 is 2.00 bits per heavy atom. The summed E-state index contributed by atoms with van der Waals surface area (Å²) in [6.45, 7) is 12.0. The molecule has 8 heteroatoms. The number of aromatic nitrogens is 3. The molecule has 0 spiro atoms. The summed E-state index contributed by atoms with van der Waals surface area (Å²) >= 11 is 0. The van der Waals surface area contributed by atoms with E-state index >= 15 is 0 Å². The molecular weight excluding hydrogens is 600 g/mol. The summed E-state index contributed by atoms with van der Waals surface area (Å²) in [6.07, 6.45) is 6.66. The Morgan fingerprint density at radius 2 is 1.33 bits per heavy atom. The Balaban J connectivity index is 1.40. The zero-order valence-electron chi connectivity index (χ0n) is 28.4. The van der Waals surface area contributed by atoms with Gasteiger partial charge in [0.2, 0.25) is 0 Å². The monoisotopic (exact) mass is 642 g/mol. The Hall–Kier alpha value is -5.08. The lowest BCUT2D eigenvalue weighted by Gasteiger charge is -2.27. The average Bonchev–Trinajstić information content (AvgIpc) is 3.72. The second-order valence-corrected chi connectivity index (χ2v) is 14.5. The van der Waals surface area contributed by atoms with Gasteiger partial charge in [-0.05, 0) is 89.3 Å². The fraction of sp³-hybridized carbons (Fsp3) is 0.300. The second kappa shape index (κ2) is 11.9. The van der Waals surface area contributed by atoms with Crippen LogP contribution in [0.15, 0.2) is 91.3 Å². The van der Waals surface area contributed by atoms with E-state index in [1.807, 2.05) is 96.4 Å². The molecule has 1 aliphatic rings. The number of hydrogen-bond acceptors (Lipinski definition) is 5. The van der Waals surface area contributed by atoms with E-state index in [1.165, 1.54) is 10.9 Å². The van der Waals surface area contributed by atoms with Crippen LogP contribution in [0.25, 0.3) is 38.3 Å². The van der Waals surface area contributed by atoms with Crippen molar-refractivity contribution in [3.63, 3.8) is 0 Å². The summed E-state index contributed by atoms with van der Waals surface area (Å²) in [5, 5.41) is 6.96. The third kappa shape index (κ3) is 5.92. The van der Waals surface area contributed by atoms with Gasteiger partial charge in [-0.2, -0.15) is 0 Å². The first-order valence-corrected chi connectivity index (χ1v) is 16.6. The van der Waals surface area contributed by atoms with E-state index in [-0.39, 0.29) is 6.04 Å². The Bertz CT molecular complexity index is 2220. The lowest BCUT2D eigenvalue weighted by atomic mass is 9.89. The number of benzene rings is 3. The normalized spacial score (nSPS) is 15.6. The number of nitrogens with one attached hydrogen (secondary N) is 2. The van der Waals surface area contributed by atoms with Gasteiger partial charge in [-0.3, -0.25) is 9.13 Å². The van der Waals surface area contributed by atoms with E-state index in [1.54, 1.807) is 9.13 Å². The van der Waals surface area contributed by atoms with Gasteiger partial charge in [0.15, 0.2) is 0 Å². The van der Waals surface area contributed by atoms with Crippen molar-refractivity contribution in [3.8, 4) is 0 Å². The van der Waals surface area contributed by atoms with E-state index in [2.05, 4.69) is 46.7 Å². The highest BCUT2D eigenvalue weighted by Crippen LogP contribution is 2.41. The Labute approximate surface area is 280 Å². The van der Waals surface area contributed by atoms with Crippen LogP contribution in [0.3, 0.4) is 0 Å². The van der Waals surface area contributed by atoms with Gasteiger partial charge in [0.1, 0.15) is 11.2 Å². The average molecular weight is 643 g/mol. The van der Waals surface area contributed by atoms with Crippen molar-refractivity contribution in [3.05, 3.63) is 114 Å². The van der Waals surface area contributed by atoms with E-state index in [0.717, 1.165) is 62.7 Å². The van der Waals surface area contributed by atoms with Crippen molar-refractivity contribution < 1.29 is 19.1 Å². The molecule has 3 aromatic heterocycles. The van der Waals surface area contributed by atoms with Crippen LogP contribution in [0.5, 0.6) is 0 Å². The molecule has 7 rings (SSSR count). The minimum Gasteiger partial charge on any atom is -0.443 e. The summed E-state index contributed by atoms with van der Waals surface area (Å²) in [6, 6.07) is 24.1. The third-order valence-corrected chi connectivity index (χ3v) is 8.71. The van der Waals surface area contributed by atoms with Gasteiger partial charge in [0.25, 0.3) is 0 Å². The molecule has 0 amide bonds. The van der Waals surface area contributed by atoms with Crippen molar-refractivity contribution in [1.29, 1.82) is 0 Å². The number of H-pyrrole nitrogens is 1. The van der Waals surface area contributed by atoms with Gasteiger partial charge >= 0.3 is 12.2 Å². The highest BCUT2D eigenvalue weighted by atomic mass is 16.6. The number of nitrogens with zero attached hydrogens (tertiary/aromatic N) is 2. The van der Waals surface area contributed by atoms with Crippen LogP contribution >= 0.6 is 0 Å². The number of allylic oxidation sites excluding steroid dienone is 1. The first-order chi connectivity index (χ1) is 22.9. The summed E-state index contributed by atoms with van der Waals surface area (Å²) < 4.78 is 14.8. The maximum absolute atomic E-state index is 13.5. The Morgan fingerprint density at radius 1 is 0.771 bits per heavy atom. The smallest absolute Gasteiger partial charge is 0.419 e. The molecular formula is C40H42N4O4. The van der Waals surface area contributed by atoms with Gasteiger partial charge in [-0.15, -0.1) is 0 Å². The molecule has 3 aromatic carbocycles. The van der Waals surface area contributed by atoms with Crippen LogP contribution < -0.4 is 5.32 Å². The SMILES string of the molecule is CC(C)(C)OC(=O)n1cc(C/C=C(\c2cn(C(=O)OC(C)(C)C)c3ccccc23)C2NCCc3c2[nH]c2ccccc32)c2ccccc21. The van der Waals surface area contributed by atoms with Gasteiger partial charge in [-0.25, -0.2) is 9.59 Å². The molecule has 0 radical (unpaired) electrons. The molecule has 1 atom stereocenters. The Kier molecular flexibility index (Phi) is 7.79. The standard InChI is InChI=1S/C40H42N4O4/c1-39(2,3)47-37(45)43-23-25(26-13-8-11-17-33(26)43)19-20-29(35-36-30(21-22-41-35)27-14-7-10-16-32(27)42-36)31-24-44(38(46)48-40(4,5)6)34-18-12-9-15-28(31)34/h7-18,20,23-24,35,41-42H,19,21-22H2,1-6H3/b29-20+. The number of hydrogen-bond donors (Lipinski definition) is 2. The fourth-order valence-corrected chi connectivity index (χ4v) is 6.80. The molecule has 0 bridgehead atoms. The van der Waals surface area contributed by atoms with E-state index in [9.17, 15) is 9.59 Å². The van der Waals surface area contributed by atoms with Crippen LogP contribution in [0.1, 0.15) is 70.0 Å². The van der Waals surface area contributed by atoms with E-state index in [4.69, 9.17) is 9.47 Å². The number of carbonyl (C=O) groups is 2. The molecule has 1 aliphatic heterocycles.